The third kappa shape index (κ3) is 4.00. The minimum absolute atomic E-state index is 0.273. The summed E-state index contributed by atoms with van der Waals surface area (Å²) in [5.74, 6) is -0.0166. The van der Waals surface area contributed by atoms with Gasteiger partial charge >= 0.3 is 0 Å². The quantitative estimate of drug-likeness (QED) is 0.430. The Morgan fingerprint density at radius 1 is 0.973 bits per heavy atom. The molecule has 4 aromatic rings. The van der Waals surface area contributed by atoms with Gasteiger partial charge in [0, 0.05) is 18.0 Å². The van der Waals surface area contributed by atoms with E-state index in [4.69, 9.17) is 9.97 Å². The third-order valence-electron chi connectivity index (χ3n) is 7.62. The Bertz CT molecular complexity index is 1490. The normalized spacial score (nSPS) is 21.6. The molecule has 1 amide bonds. The lowest BCUT2D eigenvalue weighted by Crippen LogP contribution is -2.44. The molecule has 2 N–H and O–H groups in total. The summed E-state index contributed by atoms with van der Waals surface area (Å²) in [5.41, 5.74) is 3.57. The van der Waals surface area contributed by atoms with E-state index in [1.165, 1.54) is 24.3 Å². The first kappa shape index (κ1) is 23.4. The zero-order chi connectivity index (χ0) is 25.6. The first-order chi connectivity index (χ1) is 17.9. The molecule has 2 aliphatic rings. The van der Waals surface area contributed by atoms with Gasteiger partial charge in [-0.25, -0.2) is 14.4 Å². The molecule has 7 heteroatoms. The summed E-state index contributed by atoms with van der Waals surface area (Å²) in [4.78, 5) is 27.2. The number of rotatable bonds is 5. The summed E-state index contributed by atoms with van der Waals surface area (Å²) in [5, 5.41) is 14.3. The van der Waals surface area contributed by atoms with E-state index in [-0.39, 0.29) is 11.7 Å². The number of carbonyl (C=O) groups is 1. The molecule has 2 atom stereocenters. The number of pyridine rings is 1. The van der Waals surface area contributed by atoms with Gasteiger partial charge in [-0.05, 0) is 85.7 Å². The molecule has 0 spiro atoms. The Morgan fingerprint density at radius 3 is 2.49 bits per heavy atom. The molecule has 1 saturated carbocycles. The molecule has 2 aliphatic carbocycles. The maximum absolute atomic E-state index is 13.4. The van der Waals surface area contributed by atoms with Crippen molar-refractivity contribution in [2.75, 3.05) is 0 Å². The summed E-state index contributed by atoms with van der Waals surface area (Å²) in [6.45, 7) is 1.86. The molecule has 186 valence electrons. The summed E-state index contributed by atoms with van der Waals surface area (Å²) in [6, 6.07) is 19.6. The van der Waals surface area contributed by atoms with Crippen LogP contribution in [-0.4, -0.2) is 32.1 Å². The van der Waals surface area contributed by atoms with Crippen molar-refractivity contribution in [2.45, 2.75) is 49.7 Å². The van der Waals surface area contributed by atoms with Gasteiger partial charge in [0.25, 0.3) is 5.91 Å². The van der Waals surface area contributed by atoms with Crippen molar-refractivity contribution in [3.63, 3.8) is 0 Å². The van der Waals surface area contributed by atoms with E-state index < -0.39 is 17.1 Å². The van der Waals surface area contributed by atoms with Crippen molar-refractivity contribution in [2.24, 2.45) is 0 Å². The Labute approximate surface area is 214 Å². The van der Waals surface area contributed by atoms with Gasteiger partial charge in [0.15, 0.2) is 0 Å². The molecular formula is C30H27FN4O2. The SMILES string of the molecule is Cc1nccc(C2(c3cccnc3C3(NC(=O)c4ccc(F)cc4)CC3)CC(O)Cc3ccccc32)n1. The van der Waals surface area contributed by atoms with E-state index in [2.05, 4.69) is 22.4 Å². The van der Waals surface area contributed by atoms with Crippen LogP contribution in [0.15, 0.2) is 79.1 Å². The number of aromatic nitrogens is 3. The molecule has 37 heavy (non-hydrogen) atoms. The third-order valence-corrected chi connectivity index (χ3v) is 7.62. The molecule has 2 unspecified atom stereocenters. The Hall–Kier alpha value is -3.97. The van der Waals surface area contributed by atoms with E-state index in [1.54, 1.807) is 12.4 Å². The highest BCUT2D eigenvalue weighted by Crippen LogP contribution is 2.53. The van der Waals surface area contributed by atoms with Crippen molar-refractivity contribution in [1.29, 1.82) is 0 Å². The molecule has 6 nitrogen and oxygen atoms in total. The van der Waals surface area contributed by atoms with Gasteiger partial charge in [0.2, 0.25) is 0 Å². The minimum Gasteiger partial charge on any atom is -0.393 e. The van der Waals surface area contributed by atoms with Gasteiger partial charge in [-0.1, -0.05) is 30.3 Å². The number of benzene rings is 2. The largest absolute Gasteiger partial charge is 0.393 e. The van der Waals surface area contributed by atoms with Gasteiger partial charge in [-0.15, -0.1) is 0 Å². The van der Waals surface area contributed by atoms with Crippen molar-refractivity contribution >= 4 is 5.91 Å². The number of hydrogen-bond acceptors (Lipinski definition) is 5. The molecule has 0 saturated heterocycles. The van der Waals surface area contributed by atoms with Crippen LogP contribution in [0.3, 0.4) is 0 Å². The van der Waals surface area contributed by atoms with Crippen LogP contribution in [0.2, 0.25) is 0 Å². The number of aryl methyl sites for hydroxylation is 1. The van der Waals surface area contributed by atoms with Crippen molar-refractivity contribution in [3.8, 4) is 0 Å². The van der Waals surface area contributed by atoms with Crippen LogP contribution in [0.4, 0.5) is 4.39 Å². The Balaban J connectivity index is 1.53. The second-order valence-corrected chi connectivity index (χ2v) is 10.1. The molecule has 0 bridgehead atoms. The van der Waals surface area contributed by atoms with E-state index in [9.17, 15) is 14.3 Å². The molecule has 6 rings (SSSR count). The second kappa shape index (κ2) is 8.85. The number of nitrogens with one attached hydrogen (secondary N) is 1. The molecule has 2 aromatic carbocycles. The predicted molar refractivity (Wildman–Crippen MR) is 136 cm³/mol. The standard InChI is InChI=1S/C30H27FN4O2/c1-19-32-16-12-26(34-19)30(18-23(36)17-21-5-2-3-6-24(21)30)25-7-4-15-33-27(25)29(13-14-29)35-28(37)20-8-10-22(31)11-9-20/h2-12,15-16,23,36H,13-14,17-18H2,1H3,(H,35,37). The van der Waals surface area contributed by atoms with Crippen LogP contribution in [0.5, 0.6) is 0 Å². The van der Waals surface area contributed by atoms with Crippen molar-refractivity contribution in [1.82, 2.24) is 20.3 Å². The van der Waals surface area contributed by atoms with Crippen LogP contribution >= 0.6 is 0 Å². The van der Waals surface area contributed by atoms with Crippen molar-refractivity contribution < 1.29 is 14.3 Å². The van der Waals surface area contributed by atoms with E-state index in [1.807, 2.05) is 37.3 Å². The predicted octanol–water partition coefficient (Wildman–Crippen LogP) is 4.38. The van der Waals surface area contributed by atoms with Crippen LogP contribution in [-0.2, 0) is 17.4 Å². The highest BCUT2D eigenvalue weighted by molar-refractivity contribution is 5.95. The monoisotopic (exact) mass is 494 g/mol. The molecule has 2 heterocycles. The van der Waals surface area contributed by atoms with E-state index in [0.29, 0.717) is 24.2 Å². The fourth-order valence-corrected chi connectivity index (χ4v) is 5.80. The fraction of sp³-hybridized carbons (Fsp3) is 0.267. The number of nitrogens with zero attached hydrogens (tertiary/aromatic N) is 3. The highest BCUT2D eigenvalue weighted by atomic mass is 19.1. The average Bonchev–Trinajstić information content (AvgIpc) is 3.69. The average molecular weight is 495 g/mol. The smallest absolute Gasteiger partial charge is 0.252 e. The first-order valence-corrected chi connectivity index (χ1v) is 12.5. The fourth-order valence-electron chi connectivity index (χ4n) is 5.80. The molecule has 2 aromatic heterocycles. The zero-order valence-electron chi connectivity index (χ0n) is 20.5. The maximum Gasteiger partial charge on any atom is 0.252 e. The lowest BCUT2D eigenvalue weighted by molar-refractivity contribution is 0.0928. The van der Waals surface area contributed by atoms with Crippen LogP contribution in [0.25, 0.3) is 0 Å². The number of carbonyl (C=O) groups excluding carboxylic acids is 1. The minimum atomic E-state index is -0.776. The number of aliphatic hydroxyl groups is 1. The summed E-state index contributed by atoms with van der Waals surface area (Å²) in [6.07, 6.45) is 5.36. The lowest BCUT2D eigenvalue weighted by Gasteiger charge is -2.43. The number of hydrogen-bond donors (Lipinski definition) is 2. The number of aliphatic hydroxyl groups excluding tert-OH is 1. The summed E-state index contributed by atoms with van der Waals surface area (Å²) >= 11 is 0. The van der Waals surface area contributed by atoms with E-state index in [0.717, 1.165) is 40.9 Å². The molecule has 1 fully saturated rings. The highest BCUT2D eigenvalue weighted by Gasteiger charge is 2.53. The molecule has 0 radical (unpaired) electrons. The van der Waals surface area contributed by atoms with Gasteiger partial charge in [0.1, 0.15) is 11.6 Å². The van der Waals surface area contributed by atoms with Crippen LogP contribution in [0, 0.1) is 12.7 Å². The summed E-state index contributed by atoms with van der Waals surface area (Å²) in [7, 11) is 0. The van der Waals surface area contributed by atoms with Crippen LogP contribution < -0.4 is 5.32 Å². The number of fused-ring (bicyclic) bond motifs is 1. The second-order valence-electron chi connectivity index (χ2n) is 10.1. The Kier molecular flexibility index (Phi) is 5.60. The molecule has 0 aliphatic heterocycles. The Morgan fingerprint density at radius 2 is 1.73 bits per heavy atom. The topological polar surface area (TPSA) is 88.0 Å². The van der Waals surface area contributed by atoms with Gasteiger partial charge < -0.3 is 10.4 Å². The molecular weight excluding hydrogens is 467 g/mol. The number of halogens is 1. The van der Waals surface area contributed by atoms with Gasteiger partial charge in [-0.2, -0.15) is 0 Å². The first-order valence-electron chi connectivity index (χ1n) is 12.5. The van der Waals surface area contributed by atoms with Crippen molar-refractivity contribution in [3.05, 3.63) is 124 Å². The number of amides is 1. The zero-order valence-corrected chi connectivity index (χ0v) is 20.5. The van der Waals surface area contributed by atoms with Gasteiger partial charge in [-0.3, -0.25) is 9.78 Å². The lowest BCUT2D eigenvalue weighted by atomic mass is 9.62. The van der Waals surface area contributed by atoms with E-state index >= 15 is 0 Å². The maximum atomic E-state index is 13.4. The van der Waals surface area contributed by atoms with Gasteiger partial charge in [0.05, 0.1) is 28.4 Å². The summed E-state index contributed by atoms with van der Waals surface area (Å²) < 4.78 is 13.4. The van der Waals surface area contributed by atoms with Crippen LogP contribution in [0.1, 0.15) is 63.5 Å².